The number of rotatable bonds is 5. The Labute approximate surface area is 63.6 Å². The van der Waals surface area contributed by atoms with Gasteiger partial charge in [0.25, 0.3) is 0 Å². The van der Waals surface area contributed by atoms with Crippen LogP contribution in [0.2, 0.25) is 0 Å². The summed E-state index contributed by atoms with van der Waals surface area (Å²) in [6.07, 6.45) is 2.16. The molecule has 0 rings (SSSR count). The highest BCUT2D eigenvalue weighted by molar-refractivity contribution is 4.65. The minimum atomic E-state index is -0.239. The number of hydrogen-bond donors (Lipinski definition) is 2. The van der Waals surface area contributed by atoms with Gasteiger partial charge in [0.15, 0.2) is 0 Å². The summed E-state index contributed by atoms with van der Waals surface area (Å²) in [7, 11) is 0. The highest BCUT2D eigenvalue weighted by Crippen LogP contribution is 1.91. The van der Waals surface area contributed by atoms with Crippen LogP contribution in [0.1, 0.15) is 33.6 Å². The van der Waals surface area contributed by atoms with Gasteiger partial charge in [-0.15, -0.1) is 0 Å². The van der Waals surface area contributed by atoms with Gasteiger partial charge in [0, 0.05) is 6.04 Å². The van der Waals surface area contributed by atoms with Gasteiger partial charge in [-0.05, 0) is 26.8 Å². The zero-order valence-electron chi connectivity index (χ0n) is 7.22. The van der Waals surface area contributed by atoms with Gasteiger partial charge in [0.05, 0.1) is 6.10 Å². The van der Waals surface area contributed by atoms with Gasteiger partial charge in [-0.2, -0.15) is 0 Å². The molecule has 0 radical (unpaired) electrons. The number of aliphatic hydroxyl groups excluding tert-OH is 1. The lowest BCUT2D eigenvalue weighted by molar-refractivity contribution is 0.153. The minimum Gasteiger partial charge on any atom is -0.392 e. The predicted molar refractivity (Wildman–Crippen MR) is 44.1 cm³/mol. The van der Waals surface area contributed by atoms with E-state index in [2.05, 4.69) is 12.2 Å². The highest BCUT2D eigenvalue weighted by Gasteiger charge is 2.05. The molecule has 0 aliphatic carbocycles. The van der Waals surface area contributed by atoms with Crippen LogP contribution in [-0.2, 0) is 0 Å². The Bertz CT molecular complexity index is 73.7. The van der Waals surface area contributed by atoms with Gasteiger partial charge < -0.3 is 10.4 Å². The van der Waals surface area contributed by atoms with Crippen LogP contribution in [0.3, 0.4) is 0 Å². The lowest BCUT2D eigenvalue weighted by atomic mass is 10.2. The van der Waals surface area contributed by atoms with Crippen molar-refractivity contribution in [3.8, 4) is 0 Å². The van der Waals surface area contributed by atoms with Crippen LogP contribution in [-0.4, -0.2) is 23.8 Å². The van der Waals surface area contributed by atoms with Crippen molar-refractivity contribution in [1.29, 1.82) is 0 Å². The fourth-order valence-electron chi connectivity index (χ4n) is 0.677. The second-order valence-electron chi connectivity index (χ2n) is 2.84. The fourth-order valence-corrected chi connectivity index (χ4v) is 0.677. The Balaban J connectivity index is 3.13. The standard InChI is InChI=1S/C8H19NO/c1-4-5-6-9-7(2)8(3)10/h7-10H,4-6H2,1-3H3. The lowest BCUT2D eigenvalue weighted by Gasteiger charge is -2.15. The zero-order valence-corrected chi connectivity index (χ0v) is 7.22. The van der Waals surface area contributed by atoms with Gasteiger partial charge >= 0.3 is 0 Å². The van der Waals surface area contributed by atoms with Crippen LogP contribution in [0.4, 0.5) is 0 Å². The Hall–Kier alpha value is -0.0800. The van der Waals surface area contributed by atoms with Crippen molar-refractivity contribution >= 4 is 0 Å². The van der Waals surface area contributed by atoms with E-state index in [1.54, 1.807) is 0 Å². The summed E-state index contributed by atoms with van der Waals surface area (Å²) in [5.41, 5.74) is 0. The van der Waals surface area contributed by atoms with E-state index in [-0.39, 0.29) is 12.1 Å². The maximum Gasteiger partial charge on any atom is 0.0662 e. The third-order valence-corrected chi connectivity index (χ3v) is 1.72. The molecular weight excluding hydrogens is 126 g/mol. The first-order valence-corrected chi connectivity index (χ1v) is 4.10. The van der Waals surface area contributed by atoms with Crippen LogP contribution in [0.5, 0.6) is 0 Å². The maximum absolute atomic E-state index is 9.06. The molecule has 0 aromatic heterocycles. The molecule has 0 amide bonds. The molecule has 2 heteroatoms. The third kappa shape index (κ3) is 4.77. The molecule has 10 heavy (non-hydrogen) atoms. The van der Waals surface area contributed by atoms with Gasteiger partial charge in [0.1, 0.15) is 0 Å². The van der Waals surface area contributed by atoms with Crippen LogP contribution in [0.15, 0.2) is 0 Å². The number of aliphatic hydroxyl groups is 1. The molecule has 62 valence electrons. The lowest BCUT2D eigenvalue weighted by Crippen LogP contribution is -2.35. The monoisotopic (exact) mass is 145 g/mol. The Morgan fingerprint density at radius 2 is 2.00 bits per heavy atom. The predicted octanol–water partition coefficient (Wildman–Crippen LogP) is 1.15. The number of unbranched alkanes of at least 4 members (excludes halogenated alkanes) is 1. The quantitative estimate of drug-likeness (QED) is 0.569. The van der Waals surface area contributed by atoms with Crippen LogP contribution < -0.4 is 5.32 Å². The molecule has 2 unspecified atom stereocenters. The SMILES string of the molecule is CCCCNC(C)C(C)O. The Kier molecular flexibility index (Phi) is 5.64. The molecule has 0 bridgehead atoms. The second-order valence-corrected chi connectivity index (χ2v) is 2.84. The van der Waals surface area contributed by atoms with Crippen molar-refractivity contribution in [3.63, 3.8) is 0 Å². The van der Waals surface area contributed by atoms with Gasteiger partial charge in [-0.25, -0.2) is 0 Å². The molecule has 0 aromatic carbocycles. The summed E-state index contributed by atoms with van der Waals surface area (Å²) in [5, 5.41) is 12.3. The second kappa shape index (κ2) is 5.69. The smallest absolute Gasteiger partial charge is 0.0662 e. The molecule has 0 heterocycles. The van der Waals surface area contributed by atoms with Crippen molar-refractivity contribution in [2.24, 2.45) is 0 Å². The van der Waals surface area contributed by atoms with Crippen molar-refractivity contribution < 1.29 is 5.11 Å². The van der Waals surface area contributed by atoms with Crippen LogP contribution in [0, 0.1) is 0 Å². The number of nitrogens with one attached hydrogen (secondary N) is 1. The molecule has 2 atom stereocenters. The normalized spacial score (nSPS) is 16.8. The van der Waals surface area contributed by atoms with E-state index >= 15 is 0 Å². The molecule has 0 fully saturated rings. The zero-order chi connectivity index (χ0) is 7.98. The van der Waals surface area contributed by atoms with E-state index in [1.807, 2.05) is 13.8 Å². The van der Waals surface area contributed by atoms with E-state index in [0.29, 0.717) is 0 Å². The molecule has 0 aromatic rings. The van der Waals surface area contributed by atoms with E-state index in [0.717, 1.165) is 6.54 Å². The molecule has 2 N–H and O–H groups in total. The average molecular weight is 145 g/mol. The fraction of sp³-hybridized carbons (Fsp3) is 1.00. The average Bonchev–Trinajstić information content (AvgIpc) is 1.88. The first-order chi connectivity index (χ1) is 4.68. The van der Waals surface area contributed by atoms with E-state index in [4.69, 9.17) is 5.11 Å². The topological polar surface area (TPSA) is 32.3 Å². The first kappa shape index (κ1) is 9.92. The molecular formula is C8H19NO. The summed E-state index contributed by atoms with van der Waals surface area (Å²) >= 11 is 0. The van der Waals surface area contributed by atoms with Gasteiger partial charge in [-0.3, -0.25) is 0 Å². The summed E-state index contributed by atoms with van der Waals surface area (Å²) < 4.78 is 0. The largest absolute Gasteiger partial charge is 0.392 e. The molecule has 0 saturated carbocycles. The molecule has 0 saturated heterocycles. The molecule has 0 aliphatic heterocycles. The van der Waals surface area contributed by atoms with Crippen molar-refractivity contribution in [2.75, 3.05) is 6.54 Å². The van der Waals surface area contributed by atoms with E-state index < -0.39 is 0 Å². The van der Waals surface area contributed by atoms with Crippen molar-refractivity contribution in [2.45, 2.75) is 45.8 Å². The Morgan fingerprint density at radius 1 is 1.40 bits per heavy atom. The van der Waals surface area contributed by atoms with E-state index in [1.165, 1.54) is 12.8 Å². The van der Waals surface area contributed by atoms with Crippen LogP contribution in [0.25, 0.3) is 0 Å². The van der Waals surface area contributed by atoms with E-state index in [9.17, 15) is 0 Å². The third-order valence-electron chi connectivity index (χ3n) is 1.72. The highest BCUT2D eigenvalue weighted by atomic mass is 16.3. The first-order valence-electron chi connectivity index (χ1n) is 4.10. The van der Waals surface area contributed by atoms with Crippen molar-refractivity contribution in [1.82, 2.24) is 5.32 Å². The summed E-state index contributed by atoms with van der Waals surface area (Å²) in [6.45, 7) is 6.99. The summed E-state index contributed by atoms with van der Waals surface area (Å²) in [5.74, 6) is 0. The number of hydrogen-bond acceptors (Lipinski definition) is 2. The molecule has 0 aliphatic rings. The van der Waals surface area contributed by atoms with Gasteiger partial charge in [0.2, 0.25) is 0 Å². The molecule has 0 spiro atoms. The van der Waals surface area contributed by atoms with Gasteiger partial charge in [-0.1, -0.05) is 13.3 Å². The Morgan fingerprint density at radius 3 is 2.40 bits per heavy atom. The summed E-state index contributed by atoms with van der Waals surface area (Å²) in [4.78, 5) is 0. The van der Waals surface area contributed by atoms with Crippen LogP contribution >= 0.6 is 0 Å². The van der Waals surface area contributed by atoms with Crippen molar-refractivity contribution in [3.05, 3.63) is 0 Å². The minimum absolute atomic E-state index is 0.228. The maximum atomic E-state index is 9.06. The molecule has 2 nitrogen and oxygen atoms in total. The summed E-state index contributed by atoms with van der Waals surface area (Å²) in [6, 6.07) is 0.228.